The summed E-state index contributed by atoms with van der Waals surface area (Å²) in [7, 11) is 1.08. The van der Waals surface area contributed by atoms with Gasteiger partial charge >= 0.3 is 24.2 Å². The number of carbonyl (C=O) groups is 3. The molecule has 2 aliphatic carbocycles. The Morgan fingerprint density at radius 2 is 1.70 bits per heavy atom. The lowest BCUT2D eigenvalue weighted by atomic mass is 9.83. The summed E-state index contributed by atoms with van der Waals surface area (Å²) in [5.41, 5.74) is -1.76. The number of benzene rings is 1. The first-order valence-corrected chi connectivity index (χ1v) is 9.58. The molecule has 0 saturated heterocycles. The minimum Gasteiger partial charge on any atom is -0.466 e. The van der Waals surface area contributed by atoms with E-state index in [0.29, 0.717) is 24.1 Å². The number of carbonyl (C=O) groups excluding carboxylic acids is 3. The molecule has 2 amide bonds. The van der Waals surface area contributed by atoms with E-state index in [1.165, 1.54) is 0 Å². The van der Waals surface area contributed by atoms with Crippen molar-refractivity contribution in [1.29, 1.82) is 0 Å². The number of hydrogen-bond donors (Lipinski definition) is 2. The average Bonchev–Trinajstić information content (AvgIpc) is 3.22. The minimum absolute atomic E-state index is 0.273. The molecule has 2 fully saturated rings. The maximum Gasteiger partial charge on any atom is 0.471 e. The van der Waals surface area contributed by atoms with Crippen LogP contribution in [0.5, 0.6) is 0 Å². The van der Waals surface area contributed by atoms with Crippen molar-refractivity contribution in [1.82, 2.24) is 5.32 Å². The quantitative estimate of drug-likeness (QED) is 0.391. The molecule has 0 aliphatic heterocycles. The van der Waals surface area contributed by atoms with Gasteiger partial charge in [-0.2, -0.15) is 26.3 Å². The molecule has 0 heterocycles. The van der Waals surface area contributed by atoms with Crippen LogP contribution in [0.1, 0.15) is 18.4 Å². The molecule has 0 spiro atoms. The number of methoxy groups -OCH3 is 1. The van der Waals surface area contributed by atoms with Crippen molar-refractivity contribution in [3.63, 3.8) is 0 Å². The number of halogens is 7. The summed E-state index contributed by atoms with van der Waals surface area (Å²) in [6.07, 6.45) is -8.68. The van der Waals surface area contributed by atoms with Crippen molar-refractivity contribution in [2.75, 3.05) is 12.4 Å². The van der Waals surface area contributed by atoms with E-state index in [2.05, 4.69) is 10.1 Å². The fourth-order valence-corrected chi connectivity index (χ4v) is 4.47. The van der Waals surface area contributed by atoms with Gasteiger partial charge in [0.15, 0.2) is 0 Å². The van der Waals surface area contributed by atoms with Gasteiger partial charge in [0, 0.05) is 23.7 Å². The normalized spacial score (nSPS) is 25.8. The Balaban J connectivity index is 1.93. The van der Waals surface area contributed by atoms with Gasteiger partial charge in [-0.05, 0) is 37.0 Å². The maximum absolute atomic E-state index is 13.5. The number of nitrogens with one attached hydrogen (secondary N) is 2. The Hall–Kier alpha value is -3.12. The predicted molar refractivity (Wildman–Crippen MR) is 97.8 cm³/mol. The second-order valence-corrected chi connectivity index (χ2v) is 7.66. The van der Waals surface area contributed by atoms with Crippen molar-refractivity contribution < 1.29 is 49.9 Å². The molecule has 4 atom stereocenters. The van der Waals surface area contributed by atoms with Gasteiger partial charge in [-0.3, -0.25) is 9.59 Å². The van der Waals surface area contributed by atoms with Gasteiger partial charge < -0.3 is 15.4 Å². The molecule has 13 heteroatoms. The van der Waals surface area contributed by atoms with Gasteiger partial charge in [0.2, 0.25) is 5.91 Å². The highest BCUT2D eigenvalue weighted by atomic mass is 19.4. The van der Waals surface area contributed by atoms with Gasteiger partial charge in [-0.15, -0.1) is 0 Å². The first-order chi connectivity index (χ1) is 15.2. The van der Waals surface area contributed by atoms with E-state index >= 15 is 0 Å². The number of ether oxygens (including phenoxy) is 1. The molecule has 3 rings (SSSR count). The van der Waals surface area contributed by atoms with Crippen LogP contribution in [-0.2, 0) is 25.3 Å². The second kappa shape index (κ2) is 8.67. The third-order valence-corrected chi connectivity index (χ3v) is 5.78. The number of alkyl halides is 6. The Labute approximate surface area is 182 Å². The van der Waals surface area contributed by atoms with Crippen LogP contribution in [0.4, 0.5) is 36.4 Å². The van der Waals surface area contributed by atoms with Crippen LogP contribution in [0.25, 0.3) is 0 Å². The van der Waals surface area contributed by atoms with E-state index < -0.39 is 71.0 Å². The standard InChI is InChI=1S/C20H17F7N2O4/c1-33-14(30)7-11-9-3-4-10(11)16(29-18(32)20(25,26)27)15(9)17(31)28-8-2-5-13(21)12(6-8)19(22,23)24/h2,5-7,9-10,15-16H,3-4H2,1H3,(H,28,31)(H,29,32)/b11-7-/t9-,10+,15-,16+/m0/s1. The van der Waals surface area contributed by atoms with Crippen LogP contribution < -0.4 is 10.6 Å². The van der Waals surface area contributed by atoms with E-state index in [9.17, 15) is 45.1 Å². The Morgan fingerprint density at radius 3 is 2.27 bits per heavy atom. The van der Waals surface area contributed by atoms with Crippen molar-refractivity contribution in [2.24, 2.45) is 17.8 Å². The zero-order chi connectivity index (χ0) is 24.7. The first kappa shape index (κ1) is 24.5. The van der Waals surface area contributed by atoms with Crippen LogP contribution in [0.15, 0.2) is 29.8 Å². The van der Waals surface area contributed by atoms with E-state index in [4.69, 9.17) is 0 Å². The molecule has 1 aromatic rings. The summed E-state index contributed by atoms with van der Waals surface area (Å²) in [6, 6.07) is 0.348. The predicted octanol–water partition coefficient (Wildman–Crippen LogP) is 3.59. The lowest BCUT2D eigenvalue weighted by Gasteiger charge is -2.30. The van der Waals surface area contributed by atoms with E-state index in [1.54, 1.807) is 5.32 Å². The van der Waals surface area contributed by atoms with Gasteiger partial charge in [-0.1, -0.05) is 5.57 Å². The number of amides is 2. The Kier molecular flexibility index (Phi) is 6.44. The van der Waals surface area contributed by atoms with Crippen molar-refractivity contribution in [3.8, 4) is 0 Å². The summed E-state index contributed by atoms with van der Waals surface area (Å²) in [5, 5.41) is 3.93. The smallest absolute Gasteiger partial charge is 0.466 e. The summed E-state index contributed by atoms with van der Waals surface area (Å²) >= 11 is 0. The van der Waals surface area contributed by atoms with Crippen LogP contribution in [0, 0.1) is 23.6 Å². The van der Waals surface area contributed by atoms with Crippen molar-refractivity contribution in [2.45, 2.75) is 31.2 Å². The van der Waals surface area contributed by atoms with Crippen LogP contribution >= 0.6 is 0 Å². The molecule has 33 heavy (non-hydrogen) atoms. The van der Waals surface area contributed by atoms with Gasteiger partial charge in [0.05, 0.1) is 18.6 Å². The SMILES string of the molecule is COC(=O)/C=C1\[C@H]2CC[C@@H]1[C@H](C(=O)Nc1ccc(F)c(C(F)(F)F)c1)[C@@H]2NC(=O)C(F)(F)F. The number of fused-ring (bicyclic) bond motifs is 2. The van der Waals surface area contributed by atoms with Gasteiger partial charge in [0.1, 0.15) is 5.82 Å². The second-order valence-electron chi connectivity index (χ2n) is 7.66. The van der Waals surface area contributed by atoms with Gasteiger partial charge in [0.25, 0.3) is 0 Å². The molecular weight excluding hydrogens is 465 g/mol. The summed E-state index contributed by atoms with van der Waals surface area (Å²) in [4.78, 5) is 36.2. The molecule has 0 aromatic heterocycles. The highest BCUT2D eigenvalue weighted by molar-refractivity contribution is 5.95. The molecule has 6 nitrogen and oxygen atoms in total. The number of anilines is 1. The third-order valence-electron chi connectivity index (χ3n) is 5.78. The van der Waals surface area contributed by atoms with E-state index in [0.717, 1.165) is 19.3 Å². The Bertz CT molecular complexity index is 1000. The fourth-order valence-electron chi connectivity index (χ4n) is 4.47. The largest absolute Gasteiger partial charge is 0.471 e. The summed E-state index contributed by atoms with van der Waals surface area (Å²) in [5.74, 6) is -8.51. The summed E-state index contributed by atoms with van der Waals surface area (Å²) in [6.45, 7) is 0. The van der Waals surface area contributed by atoms with Gasteiger partial charge in [-0.25, -0.2) is 9.18 Å². The molecule has 2 aliphatic rings. The molecule has 0 unspecified atom stereocenters. The lowest BCUT2D eigenvalue weighted by molar-refractivity contribution is -0.175. The minimum atomic E-state index is -5.24. The number of rotatable bonds is 4. The molecule has 2 saturated carbocycles. The lowest BCUT2D eigenvalue weighted by Crippen LogP contribution is -2.51. The highest BCUT2D eigenvalue weighted by Gasteiger charge is 2.56. The van der Waals surface area contributed by atoms with Crippen LogP contribution in [0.2, 0.25) is 0 Å². The maximum atomic E-state index is 13.5. The van der Waals surface area contributed by atoms with Crippen molar-refractivity contribution in [3.05, 3.63) is 41.2 Å². The Morgan fingerprint density at radius 1 is 1.06 bits per heavy atom. The average molecular weight is 482 g/mol. The van der Waals surface area contributed by atoms with E-state index in [-0.39, 0.29) is 6.42 Å². The monoisotopic (exact) mass is 482 g/mol. The summed E-state index contributed by atoms with van der Waals surface area (Å²) < 4.78 is 95.4. The highest BCUT2D eigenvalue weighted by Crippen LogP contribution is 2.53. The zero-order valence-corrected chi connectivity index (χ0v) is 16.8. The third kappa shape index (κ3) is 4.96. The van der Waals surface area contributed by atoms with Crippen LogP contribution in [0.3, 0.4) is 0 Å². The number of esters is 1. The molecule has 0 radical (unpaired) electrons. The number of hydrogen-bond acceptors (Lipinski definition) is 4. The molecule has 1 aromatic carbocycles. The molecule has 2 bridgehead atoms. The topological polar surface area (TPSA) is 84.5 Å². The molecule has 180 valence electrons. The molecule has 2 N–H and O–H groups in total. The zero-order valence-electron chi connectivity index (χ0n) is 16.8. The van der Waals surface area contributed by atoms with Crippen molar-refractivity contribution >= 4 is 23.5 Å². The van der Waals surface area contributed by atoms with E-state index in [1.807, 2.05) is 0 Å². The van der Waals surface area contributed by atoms with Crippen LogP contribution in [-0.4, -0.2) is 37.1 Å². The first-order valence-electron chi connectivity index (χ1n) is 9.58. The molecular formula is C20H17F7N2O4. The fraction of sp³-hybridized carbons (Fsp3) is 0.450.